The predicted molar refractivity (Wildman–Crippen MR) is 65.2 cm³/mol. The molecule has 0 saturated carbocycles. The average Bonchev–Trinajstić information content (AvgIpc) is 2.75. The summed E-state index contributed by atoms with van der Waals surface area (Å²) >= 11 is 0. The molecule has 0 unspecified atom stereocenters. The smallest absolute Gasteiger partial charge is 0.239 e. The van der Waals surface area contributed by atoms with Gasteiger partial charge in [0.25, 0.3) is 0 Å². The highest BCUT2D eigenvalue weighted by atomic mass is 15.3. The normalized spacial score (nSPS) is 10.2. The van der Waals surface area contributed by atoms with Gasteiger partial charge in [-0.2, -0.15) is 10.1 Å². The summed E-state index contributed by atoms with van der Waals surface area (Å²) in [5, 5.41) is 7.47. The molecule has 0 aliphatic carbocycles. The Morgan fingerprint density at radius 3 is 3.00 bits per heavy atom. The fourth-order valence-corrected chi connectivity index (χ4v) is 1.44. The lowest BCUT2D eigenvalue weighted by atomic mass is 10.3. The van der Waals surface area contributed by atoms with Crippen LogP contribution in [0.5, 0.6) is 0 Å². The Labute approximate surface area is 99.0 Å². The van der Waals surface area contributed by atoms with E-state index in [4.69, 9.17) is 5.84 Å². The highest BCUT2D eigenvalue weighted by Crippen LogP contribution is 2.04. The maximum absolute atomic E-state index is 5.23. The van der Waals surface area contributed by atoms with E-state index in [-0.39, 0.29) is 0 Å². The van der Waals surface area contributed by atoms with Gasteiger partial charge in [0.1, 0.15) is 5.82 Å². The number of nitrogens with zero attached hydrogens (tertiary/aromatic N) is 4. The number of aryl methyl sites for hydroxylation is 1. The summed E-state index contributed by atoms with van der Waals surface area (Å²) in [4.78, 5) is 8.07. The van der Waals surface area contributed by atoms with Crippen LogP contribution in [0.2, 0.25) is 0 Å². The minimum Gasteiger partial charge on any atom is -0.370 e. The summed E-state index contributed by atoms with van der Waals surface area (Å²) in [6.45, 7) is 0.762. The van der Waals surface area contributed by atoms with Crippen molar-refractivity contribution in [1.82, 2.24) is 19.7 Å². The molecule has 7 heteroatoms. The Kier molecular flexibility index (Phi) is 3.51. The number of nitrogen functional groups attached to an aromatic ring is 1. The fourth-order valence-electron chi connectivity index (χ4n) is 1.44. The molecule has 0 amide bonds. The Bertz CT molecular complexity index is 479. The van der Waals surface area contributed by atoms with Crippen LogP contribution < -0.4 is 16.6 Å². The first-order chi connectivity index (χ1) is 8.28. The number of rotatable bonds is 5. The molecule has 2 aromatic rings. The first-order valence-corrected chi connectivity index (χ1v) is 5.30. The summed E-state index contributed by atoms with van der Waals surface area (Å²) in [5.74, 6) is 6.36. The van der Waals surface area contributed by atoms with Crippen molar-refractivity contribution < 1.29 is 0 Å². The molecule has 0 spiro atoms. The highest BCUT2D eigenvalue weighted by Gasteiger charge is 1.99. The number of nitrogens with two attached hydrogens (primary N) is 1. The molecule has 2 rings (SSSR count). The Morgan fingerprint density at radius 2 is 2.29 bits per heavy atom. The molecular formula is C10H15N7. The van der Waals surface area contributed by atoms with Crippen molar-refractivity contribution in [2.24, 2.45) is 12.9 Å². The summed E-state index contributed by atoms with van der Waals surface area (Å²) in [7, 11) is 1.90. The maximum atomic E-state index is 5.23. The third-order valence-corrected chi connectivity index (χ3v) is 2.24. The summed E-state index contributed by atoms with van der Waals surface area (Å²) in [6.07, 6.45) is 4.41. The van der Waals surface area contributed by atoms with Gasteiger partial charge >= 0.3 is 0 Å². The van der Waals surface area contributed by atoms with Crippen LogP contribution in [0.1, 0.15) is 5.69 Å². The molecule has 2 aromatic heterocycles. The molecule has 0 atom stereocenters. The second-order valence-electron chi connectivity index (χ2n) is 3.57. The Hall–Kier alpha value is -2.15. The van der Waals surface area contributed by atoms with Gasteiger partial charge in [-0.25, -0.2) is 10.8 Å². The van der Waals surface area contributed by atoms with Crippen LogP contribution in [0.25, 0.3) is 0 Å². The van der Waals surface area contributed by atoms with E-state index in [1.807, 2.05) is 19.3 Å². The molecule has 2 heterocycles. The molecular weight excluding hydrogens is 218 g/mol. The lowest BCUT2D eigenvalue weighted by Gasteiger charge is -2.05. The maximum Gasteiger partial charge on any atom is 0.239 e. The molecule has 0 fully saturated rings. The van der Waals surface area contributed by atoms with E-state index in [9.17, 15) is 0 Å². The van der Waals surface area contributed by atoms with E-state index in [0.717, 1.165) is 24.5 Å². The van der Waals surface area contributed by atoms with Crippen LogP contribution in [0, 0.1) is 0 Å². The van der Waals surface area contributed by atoms with Gasteiger partial charge in [-0.05, 0) is 12.1 Å². The molecule has 0 radical (unpaired) electrons. The topological polar surface area (TPSA) is 93.7 Å². The number of hydrogen-bond donors (Lipinski definition) is 3. The minimum atomic E-state index is 0.396. The Balaban J connectivity index is 1.85. The van der Waals surface area contributed by atoms with Crippen molar-refractivity contribution in [3.05, 3.63) is 30.2 Å². The number of hydrogen-bond acceptors (Lipinski definition) is 6. The van der Waals surface area contributed by atoms with Crippen LogP contribution in [0.4, 0.5) is 11.8 Å². The summed E-state index contributed by atoms with van der Waals surface area (Å²) < 4.78 is 1.79. The number of aromatic nitrogens is 4. The van der Waals surface area contributed by atoms with Gasteiger partial charge in [-0.15, -0.1) is 0 Å². The van der Waals surface area contributed by atoms with Crippen molar-refractivity contribution in [2.75, 3.05) is 17.3 Å². The van der Waals surface area contributed by atoms with Gasteiger partial charge in [0.05, 0.1) is 5.69 Å². The van der Waals surface area contributed by atoms with E-state index < -0.39 is 0 Å². The molecule has 0 bridgehead atoms. The third-order valence-electron chi connectivity index (χ3n) is 2.24. The van der Waals surface area contributed by atoms with Crippen molar-refractivity contribution in [2.45, 2.75) is 6.42 Å². The van der Waals surface area contributed by atoms with Gasteiger partial charge < -0.3 is 5.32 Å². The lowest BCUT2D eigenvalue weighted by Crippen LogP contribution is -2.12. The SMILES string of the molecule is Cn1ccc(CCNc2ccnc(NN)n2)n1. The van der Waals surface area contributed by atoms with Crippen LogP contribution in [0.15, 0.2) is 24.5 Å². The molecule has 90 valence electrons. The molecule has 0 saturated heterocycles. The van der Waals surface area contributed by atoms with E-state index >= 15 is 0 Å². The van der Waals surface area contributed by atoms with Crippen molar-refractivity contribution >= 4 is 11.8 Å². The lowest BCUT2D eigenvalue weighted by molar-refractivity contribution is 0.742. The van der Waals surface area contributed by atoms with Crippen molar-refractivity contribution in [3.8, 4) is 0 Å². The minimum absolute atomic E-state index is 0.396. The van der Waals surface area contributed by atoms with Gasteiger partial charge in [0.2, 0.25) is 5.95 Å². The average molecular weight is 233 g/mol. The quantitative estimate of drug-likeness (QED) is 0.503. The van der Waals surface area contributed by atoms with E-state index in [2.05, 4.69) is 25.8 Å². The molecule has 7 nitrogen and oxygen atoms in total. The Morgan fingerprint density at radius 1 is 1.41 bits per heavy atom. The fraction of sp³-hybridized carbons (Fsp3) is 0.300. The van der Waals surface area contributed by atoms with Crippen LogP contribution in [0.3, 0.4) is 0 Å². The molecule has 0 aliphatic rings. The monoisotopic (exact) mass is 233 g/mol. The zero-order valence-corrected chi connectivity index (χ0v) is 9.59. The van der Waals surface area contributed by atoms with Gasteiger partial charge in [0, 0.05) is 32.4 Å². The third kappa shape index (κ3) is 3.15. The molecule has 17 heavy (non-hydrogen) atoms. The second kappa shape index (κ2) is 5.26. The van der Waals surface area contributed by atoms with Crippen LogP contribution >= 0.6 is 0 Å². The highest BCUT2D eigenvalue weighted by molar-refractivity contribution is 5.38. The molecule has 4 N–H and O–H groups in total. The van der Waals surface area contributed by atoms with Crippen LogP contribution in [-0.2, 0) is 13.5 Å². The van der Waals surface area contributed by atoms with Gasteiger partial charge in [0.15, 0.2) is 0 Å². The van der Waals surface area contributed by atoms with Crippen molar-refractivity contribution in [1.29, 1.82) is 0 Å². The number of hydrazine groups is 1. The van der Waals surface area contributed by atoms with Crippen LogP contribution in [-0.4, -0.2) is 26.3 Å². The van der Waals surface area contributed by atoms with E-state index in [1.54, 1.807) is 16.9 Å². The second-order valence-corrected chi connectivity index (χ2v) is 3.57. The summed E-state index contributed by atoms with van der Waals surface area (Å²) in [6, 6.07) is 3.79. The first-order valence-electron chi connectivity index (χ1n) is 5.30. The summed E-state index contributed by atoms with van der Waals surface area (Å²) in [5.41, 5.74) is 3.45. The largest absolute Gasteiger partial charge is 0.370 e. The number of anilines is 2. The predicted octanol–water partition coefficient (Wildman–Crippen LogP) is 0.150. The van der Waals surface area contributed by atoms with Crippen molar-refractivity contribution in [3.63, 3.8) is 0 Å². The molecule has 0 aromatic carbocycles. The van der Waals surface area contributed by atoms with Gasteiger partial charge in [-0.1, -0.05) is 0 Å². The zero-order chi connectivity index (χ0) is 12.1. The number of nitrogens with one attached hydrogen (secondary N) is 2. The van der Waals surface area contributed by atoms with E-state index in [1.165, 1.54) is 0 Å². The van der Waals surface area contributed by atoms with E-state index in [0.29, 0.717) is 5.95 Å². The standard InChI is InChI=1S/C10H15N7/c1-17-7-4-8(16-17)2-5-12-9-3-6-13-10(14-9)15-11/h3-4,6-7H,2,5,11H2,1H3,(H2,12,13,14,15). The zero-order valence-electron chi connectivity index (χ0n) is 9.59. The van der Waals surface area contributed by atoms with Gasteiger partial charge in [-0.3, -0.25) is 10.1 Å². The molecule has 0 aliphatic heterocycles. The first kappa shape index (κ1) is 11.3.